The summed E-state index contributed by atoms with van der Waals surface area (Å²) >= 11 is 3.41. The van der Waals surface area contributed by atoms with Gasteiger partial charge in [-0.05, 0) is 36.8 Å². The minimum absolute atomic E-state index is 0.148. The fraction of sp³-hybridized carbons (Fsp3) is 0.263. The number of anilines is 1. The summed E-state index contributed by atoms with van der Waals surface area (Å²) in [6, 6.07) is 15.0. The number of carbonyl (C=O) groups excluding carboxylic acids is 2. The summed E-state index contributed by atoms with van der Waals surface area (Å²) in [7, 11) is 1.59. The molecule has 130 valence electrons. The van der Waals surface area contributed by atoms with Crippen molar-refractivity contribution in [2.24, 2.45) is 5.92 Å². The van der Waals surface area contributed by atoms with Crippen LogP contribution in [-0.4, -0.2) is 25.5 Å². The number of amides is 2. The van der Waals surface area contributed by atoms with Crippen molar-refractivity contribution in [2.45, 2.75) is 13.0 Å². The molecule has 1 aliphatic heterocycles. The molecule has 0 spiro atoms. The van der Waals surface area contributed by atoms with Crippen molar-refractivity contribution in [1.29, 1.82) is 0 Å². The molecule has 6 heteroatoms. The zero-order valence-corrected chi connectivity index (χ0v) is 15.5. The van der Waals surface area contributed by atoms with Crippen molar-refractivity contribution in [1.82, 2.24) is 5.32 Å². The third kappa shape index (κ3) is 3.85. The Labute approximate surface area is 155 Å². The zero-order chi connectivity index (χ0) is 17.8. The van der Waals surface area contributed by atoms with E-state index in [4.69, 9.17) is 4.74 Å². The number of nitrogens with one attached hydrogen (secondary N) is 1. The maximum absolute atomic E-state index is 12.6. The topological polar surface area (TPSA) is 58.6 Å². The number of nitrogens with zero attached hydrogens (tertiary/aromatic N) is 1. The molecular formula is C19H19BrN2O3. The SMILES string of the molecule is COc1ccc(Br)cc1CNC(=O)[C@@H]1CCN(c2ccccc2)C1=O. The predicted molar refractivity (Wildman–Crippen MR) is 99.4 cm³/mol. The van der Waals surface area contributed by atoms with Crippen molar-refractivity contribution in [3.63, 3.8) is 0 Å². The molecule has 2 amide bonds. The van der Waals surface area contributed by atoms with Crippen molar-refractivity contribution >= 4 is 33.4 Å². The summed E-state index contributed by atoms with van der Waals surface area (Å²) in [5.41, 5.74) is 1.69. The van der Waals surface area contributed by atoms with Gasteiger partial charge >= 0.3 is 0 Å². The Hall–Kier alpha value is -2.34. The van der Waals surface area contributed by atoms with Gasteiger partial charge in [0.15, 0.2) is 0 Å². The molecule has 0 aromatic heterocycles. The van der Waals surface area contributed by atoms with Gasteiger partial charge in [-0.25, -0.2) is 0 Å². The van der Waals surface area contributed by atoms with Crippen LogP contribution in [0.25, 0.3) is 0 Å². The minimum atomic E-state index is -0.640. The van der Waals surface area contributed by atoms with Gasteiger partial charge in [0, 0.05) is 28.8 Å². The van der Waals surface area contributed by atoms with Crippen LogP contribution in [0.15, 0.2) is 53.0 Å². The van der Waals surface area contributed by atoms with Crippen LogP contribution in [0.4, 0.5) is 5.69 Å². The lowest BCUT2D eigenvalue weighted by atomic mass is 10.1. The van der Waals surface area contributed by atoms with Crippen LogP contribution >= 0.6 is 15.9 Å². The normalized spacial score (nSPS) is 16.8. The van der Waals surface area contributed by atoms with Gasteiger partial charge in [0.25, 0.3) is 0 Å². The van der Waals surface area contributed by atoms with E-state index in [2.05, 4.69) is 21.2 Å². The van der Waals surface area contributed by atoms with E-state index >= 15 is 0 Å². The molecule has 1 heterocycles. The van der Waals surface area contributed by atoms with Gasteiger partial charge in [-0.3, -0.25) is 9.59 Å². The molecule has 1 saturated heterocycles. The van der Waals surface area contributed by atoms with Gasteiger partial charge in [0.05, 0.1) is 7.11 Å². The number of carbonyl (C=O) groups is 2. The molecule has 1 atom stereocenters. The van der Waals surface area contributed by atoms with Crippen molar-refractivity contribution < 1.29 is 14.3 Å². The Balaban J connectivity index is 1.65. The molecule has 3 rings (SSSR count). The largest absolute Gasteiger partial charge is 0.496 e. The van der Waals surface area contributed by atoms with Crippen LogP contribution in [-0.2, 0) is 16.1 Å². The molecule has 2 aromatic carbocycles. The van der Waals surface area contributed by atoms with E-state index in [1.54, 1.807) is 12.0 Å². The minimum Gasteiger partial charge on any atom is -0.496 e. The Morgan fingerprint density at radius 3 is 2.76 bits per heavy atom. The number of hydrogen-bond acceptors (Lipinski definition) is 3. The third-order valence-electron chi connectivity index (χ3n) is 4.29. The summed E-state index contributed by atoms with van der Waals surface area (Å²) in [5.74, 6) is -0.333. The first-order chi connectivity index (χ1) is 12.1. The summed E-state index contributed by atoms with van der Waals surface area (Å²) in [4.78, 5) is 26.7. The van der Waals surface area contributed by atoms with E-state index in [9.17, 15) is 9.59 Å². The molecule has 0 aliphatic carbocycles. The smallest absolute Gasteiger partial charge is 0.239 e. The number of methoxy groups -OCH3 is 1. The highest BCUT2D eigenvalue weighted by molar-refractivity contribution is 9.10. The van der Waals surface area contributed by atoms with Gasteiger partial charge in [0.1, 0.15) is 11.7 Å². The number of hydrogen-bond donors (Lipinski definition) is 1. The highest BCUT2D eigenvalue weighted by Gasteiger charge is 2.37. The van der Waals surface area contributed by atoms with E-state index < -0.39 is 5.92 Å². The lowest BCUT2D eigenvalue weighted by Crippen LogP contribution is -2.36. The molecule has 1 N–H and O–H groups in total. The second-order valence-corrected chi connectivity index (χ2v) is 6.76. The van der Waals surface area contributed by atoms with Gasteiger partial charge < -0.3 is 15.0 Å². The first-order valence-electron chi connectivity index (χ1n) is 8.06. The number of ether oxygens (including phenoxy) is 1. The monoisotopic (exact) mass is 402 g/mol. The van der Waals surface area contributed by atoms with Crippen molar-refractivity contribution in [3.05, 3.63) is 58.6 Å². The van der Waals surface area contributed by atoms with E-state index in [-0.39, 0.29) is 11.8 Å². The van der Waals surface area contributed by atoms with Crippen LogP contribution in [0.1, 0.15) is 12.0 Å². The zero-order valence-electron chi connectivity index (χ0n) is 13.9. The lowest BCUT2D eigenvalue weighted by molar-refractivity contribution is -0.132. The Morgan fingerprint density at radius 1 is 1.28 bits per heavy atom. The predicted octanol–water partition coefficient (Wildman–Crippen LogP) is 3.13. The summed E-state index contributed by atoms with van der Waals surface area (Å²) < 4.78 is 6.21. The summed E-state index contributed by atoms with van der Waals surface area (Å²) in [5, 5.41) is 2.86. The van der Waals surface area contributed by atoms with Crippen molar-refractivity contribution in [3.8, 4) is 5.75 Å². The van der Waals surface area contributed by atoms with Gasteiger partial charge in [-0.15, -0.1) is 0 Å². The second-order valence-electron chi connectivity index (χ2n) is 5.84. The van der Waals surface area contributed by atoms with E-state index in [0.29, 0.717) is 25.3 Å². The van der Waals surface area contributed by atoms with Gasteiger partial charge in [-0.1, -0.05) is 34.1 Å². The molecule has 0 saturated carbocycles. The second kappa shape index (κ2) is 7.70. The molecule has 2 aromatic rings. The van der Waals surface area contributed by atoms with E-state index in [0.717, 1.165) is 15.7 Å². The van der Waals surface area contributed by atoms with Crippen LogP contribution in [0, 0.1) is 5.92 Å². The lowest BCUT2D eigenvalue weighted by Gasteiger charge is -2.17. The highest BCUT2D eigenvalue weighted by atomic mass is 79.9. The number of benzene rings is 2. The van der Waals surface area contributed by atoms with E-state index in [1.807, 2.05) is 48.5 Å². The maximum atomic E-state index is 12.6. The number of rotatable bonds is 5. The van der Waals surface area contributed by atoms with Gasteiger partial charge in [-0.2, -0.15) is 0 Å². The fourth-order valence-corrected chi connectivity index (χ4v) is 3.39. The molecular weight excluding hydrogens is 384 g/mol. The Morgan fingerprint density at radius 2 is 2.04 bits per heavy atom. The molecule has 1 fully saturated rings. The van der Waals surface area contributed by atoms with Crippen LogP contribution in [0.2, 0.25) is 0 Å². The average Bonchev–Trinajstić information content (AvgIpc) is 3.02. The number of halogens is 1. The van der Waals surface area contributed by atoms with Crippen LogP contribution < -0.4 is 15.0 Å². The summed E-state index contributed by atoms with van der Waals surface area (Å²) in [6.07, 6.45) is 0.523. The molecule has 0 bridgehead atoms. The molecule has 0 unspecified atom stereocenters. The molecule has 1 aliphatic rings. The fourth-order valence-electron chi connectivity index (χ4n) is 2.98. The highest BCUT2D eigenvalue weighted by Crippen LogP contribution is 2.26. The van der Waals surface area contributed by atoms with Crippen molar-refractivity contribution in [2.75, 3.05) is 18.6 Å². The first kappa shape index (κ1) is 17.5. The number of para-hydroxylation sites is 1. The Kier molecular flexibility index (Phi) is 5.38. The molecule has 0 radical (unpaired) electrons. The summed E-state index contributed by atoms with van der Waals surface area (Å²) in [6.45, 7) is 0.873. The molecule has 25 heavy (non-hydrogen) atoms. The van der Waals surface area contributed by atoms with Crippen LogP contribution in [0.3, 0.4) is 0 Å². The average molecular weight is 403 g/mol. The van der Waals surface area contributed by atoms with Crippen LogP contribution in [0.5, 0.6) is 5.75 Å². The maximum Gasteiger partial charge on any atom is 0.239 e. The quantitative estimate of drug-likeness (QED) is 0.781. The Bertz CT molecular complexity index is 779. The van der Waals surface area contributed by atoms with Gasteiger partial charge in [0.2, 0.25) is 11.8 Å². The standard InChI is InChI=1S/C19H19BrN2O3/c1-25-17-8-7-14(20)11-13(17)12-21-18(23)16-9-10-22(19(16)24)15-5-3-2-4-6-15/h2-8,11,16H,9-10,12H2,1H3,(H,21,23)/t16-/m0/s1. The van der Waals surface area contributed by atoms with E-state index in [1.165, 1.54) is 0 Å². The molecule has 5 nitrogen and oxygen atoms in total. The third-order valence-corrected chi connectivity index (χ3v) is 4.78. The first-order valence-corrected chi connectivity index (χ1v) is 8.86.